The molecule has 0 aliphatic carbocycles. The van der Waals surface area contributed by atoms with E-state index in [1.54, 1.807) is 29.6 Å². The first kappa shape index (κ1) is 20.6. The summed E-state index contributed by atoms with van der Waals surface area (Å²) >= 11 is 0. The zero-order valence-electron chi connectivity index (χ0n) is 17.9. The Kier molecular flexibility index (Phi) is 5.25. The number of likely N-dealkylation sites (tertiary alicyclic amines) is 1. The van der Waals surface area contributed by atoms with E-state index in [1.165, 1.54) is 0 Å². The van der Waals surface area contributed by atoms with Gasteiger partial charge in [0.1, 0.15) is 17.6 Å². The molecule has 1 saturated heterocycles. The molecule has 0 bridgehead atoms. The lowest BCUT2D eigenvalue weighted by atomic mass is 9.89. The highest BCUT2D eigenvalue weighted by atomic mass is 16.5. The van der Waals surface area contributed by atoms with E-state index in [-0.39, 0.29) is 11.8 Å². The number of likely N-dealkylation sites (N-methyl/N-ethyl adjacent to an activating group) is 1. The molecule has 0 spiro atoms. The highest BCUT2D eigenvalue weighted by Gasteiger charge is 2.31. The molecular weight excluding hydrogens is 390 g/mol. The van der Waals surface area contributed by atoms with Gasteiger partial charge < -0.3 is 19.9 Å². The maximum absolute atomic E-state index is 12.4. The standard InChI is InChI=1S/C24H25N5O2/c1-24(26,22-14-27-15-29(22)3)18-8-7-17(13-25)21(12-18)31-19-6-4-5-16(11-19)20-9-10-28(2)23(20)30/h4-8,11-12,14-15,20H,9-10,26H2,1-3H3. The fourth-order valence-electron chi connectivity index (χ4n) is 4.08. The summed E-state index contributed by atoms with van der Waals surface area (Å²) in [6.07, 6.45) is 4.22. The number of nitrogens with two attached hydrogens (primary N) is 1. The lowest BCUT2D eigenvalue weighted by Crippen LogP contribution is -2.36. The number of nitriles is 1. The summed E-state index contributed by atoms with van der Waals surface area (Å²) in [5, 5.41) is 9.58. The number of carbonyl (C=O) groups is 1. The lowest BCUT2D eigenvalue weighted by Gasteiger charge is -2.26. The minimum Gasteiger partial charge on any atom is -0.456 e. The van der Waals surface area contributed by atoms with Crippen LogP contribution in [0.4, 0.5) is 0 Å². The van der Waals surface area contributed by atoms with Crippen molar-refractivity contribution in [2.75, 3.05) is 13.6 Å². The Bertz CT molecular complexity index is 1170. The van der Waals surface area contributed by atoms with Crippen LogP contribution in [0.25, 0.3) is 0 Å². The molecule has 3 aromatic rings. The van der Waals surface area contributed by atoms with Crippen LogP contribution in [-0.4, -0.2) is 34.0 Å². The molecule has 2 heterocycles. The van der Waals surface area contributed by atoms with E-state index < -0.39 is 5.54 Å². The molecule has 1 aromatic heterocycles. The maximum Gasteiger partial charge on any atom is 0.229 e. The number of hydrogen-bond donors (Lipinski definition) is 1. The van der Waals surface area contributed by atoms with Crippen molar-refractivity contribution in [2.24, 2.45) is 12.8 Å². The fourth-order valence-corrected chi connectivity index (χ4v) is 4.08. The Morgan fingerprint density at radius 2 is 2.06 bits per heavy atom. The number of hydrogen-bond acceptors (Lipinski definition) is 5. The topological polar surface area (TPSA) is 97.2 Å². The van der Waals surface area contributed by atoms with Gasteiger partial charge in [0.05, 0.1) is 35.2 Å². The number of aryl methyl sites for hydroxylation is 1. The number of carbonyl (C=O) groups excluding carboxylic acids is 1. The summed E-state index contributed by atoms with van der Waals surface area (Å²) in [4.78, 5) is 18.3. The summed E-state index contributed by atoms with van der Waals surface area (Å²) in [5.74, 6) is 0.957. The van der Waals surface area contributed by atoms with Crippen LogP contribution in [0, 0.1) is 11.3 Å². The molecule has 2 aromatic carbocycles. The van der Waals surface area contributed by atoms with Crippen LogP contribution in [0.2, 0.25) is 0 Å². The SMILES string of the molecule is CN1CCC(c2cccc(Oc3cc(C(C)(N)c4cncn4C)ccc3C#N)c2)C1=O. The zero-order valence-corrected chi connectivity index (χ0v) is 17.9. The molecule has 31 heavy (non-hydrogen) atoms. The van der Waals surface area contributed by atoms with Crippen molar-refractivity contribution in [1.29, 1.82) is 5.26 Å². The Hall–Kier alpha value is -3.63. The molecule has 2 unspecified atom stereocenters. The van der Waals surface area contributed by atoms with Gasteiger partial charge in [-0.2, -0.15) is 5.26 Å². The van der Waals surface area contributed by atoms with Crippen molar-refractivity contribution in [1.82, 2.24) is 14.5 Å². The quantitative estimate of drug-likeness (QED) is 0.690. The Morgan fingerprint density at radius 1 is 1.26 bits per heavy atom. The molecule has 7 heteroatoms. The highest BCUT2D eigenvalue weighted by Crippen LogP contribution is 2.35. The van der Waals surface area contributed by atoms with E-state index in [9.17, 15) is 10.1 Å². The molecule has 1 fully saturated rings. The van der Waals surface area contributed by atoms with Gasteiger partial charge in [-0.25, -0.2) is 4.98 Å². The van der Waals surface area contributed by atoms with Gasteiger partial charge in [0.15, 0.2) is 0 Å². The number of benzene rings is 2. The summed E-state index contributed by atoms with van der Waals surface area (Å²) in [6, 6.07) is 15.0. The molecule has 1 aliphatic heterocycles. The second kappa shape index (κ2) is 7.89. The van der Waals surface area contributed by atoms with Gasteiger partial charge in [-0.05, 0) is 48.7 Å². The van der Waals surface area contributed by atoms with Gasteiger partial charge in [-0.1, -0.05) is 18.2 Å². The van der Waals surface area contributed by atoms with Crippen molar-refractivity contribution in [3.05, 3.63) is 77.4 Å². The first-order valence-electron chi connectivity index (χ1n) is 10.1. The van der Waals surface area contributed by atoms with Crippen LogP contribution in [0.15, 0.2) is 55.0 Å². The smallest absolute Gasteiger partial charge is 0.229 e. The van der Waals surface area contributed by atoms with Crippen molar-refractivity contribution in [3.63, 3.8) is 0 Å². The predicted octanol–water partition coefficient (Wildman–Crippen LogP) is 3.25. The lowest BCUT2D eigenvalue weighted by molar-refractivity contribution is -0.127. The summed E-state index contributed by atoms with van der Waals surface area (Å²) in [6.45, 7) is 2.65. The molecule has 1 amide bonds. The molecule has 2 atom stereocenters. The molecule has 4 rings (SSSR count). The van der Waals surface area contributed by atoms with Crippen LogP contribution in [0.5, 0.6) is 11.5 Å². The van der Waals surface area contributed by atoms with Gasteiger partial charge in [0, 0.05) is 20.6 Å². The summed E-state index contributed by atoms with van der Waals surface area (Å²) in [5.41, 5.74) is 8.80. The summed E-state index contributed by atoms with van der Waals surface area (Å²) < 4.78 is 7.99. The van der Waals surface area contributed by atoms with Crippen LogP contribution >= 0.6 is 0 Å². The van der Waals surface area contributed by atoms with Crippen LogP contribution in [-0.2, 0) is 17.4 Å². The van der Waals surface area contributed by atoms with E-state index in [0.717, 1.165) is 29.8 Å². The van der Waals surface area contributed by atoms with Crippen molar-refractivity contribution in [3.8, 4) is 17.6 Å². The van der Waals surface area contributed by atoms with E-state index in [0.29, 0.717) is 17.1 Å². The molecular formula is C24H25N5O2. The van der Waals surface area contributed by atoms with Gasteiger partial charge in [-0.3, -0.25) is 4.79 Å². The monoisotopic (exact) mass is 415 g/mol. The fraction of sp³-hybridized carbons (Fsp3) is 0.292. The predicted molar refractivity (Wildman–Crippen MR) is 117 cm³/mol. The number of nitrogens with zero attached hydrogens (tertiary/aromatic N) is 4. The van der Waals surface area contributed by atoms with Crippen LogP contribution < -0.4 is 10.5 Å². The molecule has 0 saturated carbocycles. The Morgan fingerprint density at radius 3 is 2.71 bits per heavy atom. The van der Waals surface area contributed by atoms with Gasteiger partial charge in [0.2, 0.25) is 5.91 Å². The number of aromatic nitrogens is 2. The first-order valence-corrected chi connectivity index (χ1v) is 10.1. The number of imidazole rings is 1. The number of ether oxygens (including phenoxy) is 1. The van der Waals surface area contributed by atoms with Crippen molar-refractivity contribution in [2.45, 2.75) is 24.8 Å². The Balaban J connectivity index is 1.67. The van der Waals surface area contributed by atoms with Crippen molar-refractivity contribution >= 4 is 5.91 Å². The van der Waals surface area contributed by atoms with E-state index in [4.69, 9.17) is 10.5 Å². The molecule has 0 radical (unpaired) electrons. The molecule has 1 aliphatic rings. The molecule has 158 valence electrons. The van der Waals surface area contributed by atoms with E-state index in [1.807, 2.05) is 55.9 Å². The van der Waals surface area contributed by atoms with Crippen molar-refractivity contribution < 1.29 is 9.53 Å². The Labute approximate surface area is 181 Å². The van der Waals surface area contributed by atoms with Gasteiger partial charge in [0.25, 0.3) is 0 Å². The maximum atomic E-state index is 12.4. The molecule has 7 nitrogen and oxygen atoms in total. The minimum atomic E-state index is -0.819. The normalized spacial score (nSPS) is 18.0. The second-order valence-corrected chi connectivity index (χ2v) is 8.19. The minimum absolute atomic E-state index is 0.118. The second-order valence-electron chi connectivity index (χ2n) is 8.19. The number of amides is 1. The first-order chi connectivity index (χ1) is 14.8. The average molecular weight is 415 g/mol. The van der Waals surface area contributed by atoms with E-state index in [2.05, 4.69) is 11.1 Å². The third-order valence-corrected chi connectivity index (χ3v) is 5.97. The highest BCUT2D eigenvalue weighted by molar-refractivity contribution is 5.85. The van der Waals surface area contributed by atoms with Crippen LogP contribution in [0.1, 0.15) is 41.6 Å². The number of rotatable bonds is 5. The van der Waals surface area contributed by atoms with E-state index >= 15 is 0 Å². The van der Waals surface area contributed by atoms with Gasteiger partial charge >= 0.3 is 0 Å². The van der Waals surface area contributed by atoms with Crippen LogP contribution in [0.3, 0.4) is 0 Å². The molecule has 2 N–H and O–H groups in total. The third-order valence-electron chi connectivity index (χ3n) is 5.97. The third kappa shape index (κ3) is 3.78. The summed E-state index contributed by atoms with van der Waals surface area (Å²) in [7, 11) is 3.71. The zero-order chi connectivity index (χ0) is 22.2. The average Bonchev–Trinajstić information content (AvgIpc) is 3.34. The van der Waals surface area contributed by atoms with Gasteiger partial charge in [-0.15, -0.1) is 0 Å². The largest absolute Gasteiger partial charge is 0.456 e.